The van der Waals surface area contributed by atoms with Gasteiger partial charge in [0.25, 0.3) is 0 Å². The Hall–Kier alpha value is -2.00. The van der Waals surface area contributed by atoms with Crippen LogP contribution in [0.1, 0.15) is 23.4 Å². The quantitative estimate of drug-likeness (QED) is 0.492. The lowest BCUT2D eigenvalue weighted by atomic mass is 10.1. The molecule has 0 fully saturated rings. The monoisotopic (exact) mass is 360 g/mol. The maximum absolute atomic E-state index is 14.2. The molecule has 128 valence electrons. The van der Waals surface area contributed by atoms with Crippen LogP contribution in [0, 0.1) is 5.82 Å². The number of fused-ring (bicyclic) bond motifs is 1. The Bertz CT molecular complexity index is 783. The molecule has 24 heavy (non-hydrogen) atoms. The van der Waals surface area contributed by atoms with Crippen molar-refractivity contribution in [2.75, 3.05) is 12.0 Å². The summed E-state index contributed by atoms with van der Waals surface area (Å²) >= 11 is 1.04. The van der Waals surface area contributed by atoms with E-state index < -0.39 is 35.5 Å². The Morgan fingerprint density at radius 2 is 2.00 bits per heavy atom. The molecule has 0 saturated heterocycles. The average molecular weight is 360 g/mol. The van der Waals surface area contributed by atoms with E-state index in [2.05, 4.69) is 4.98 Å². The molecular weight excluding hydrogens is 348 g/mol. The molecule has 2 aromatic rings. The first-order chi connectivity index (χ1) is 11.3. The van der Waals surface area contributed by atoms with Crippen LogP contribution >= 0.6 is 11.8 Å². The van der Waals surface area contributed by atoms with Crippen LogP contribution in [-0.4, -0.2) is 22.3 Å². The van der Waals surface area contributed by atoms with Gasteiger partial charge in [-0.3, -0.25) is 0 Å². The minimum absolute atomic E-state index is 0.0459. The fourth-order valence-electron chi connectivity index (χ4n) is 2.55. The molecule has 9 heteroatoms. The van der Waals surface area contributed by atoms with Crippen molar-refractivity contribution in [1.82, 2.24) is 4.98 Å². The van der Waals surface area contributed by atoms with Crippen molar-refractivity contribution in [3.8, 4) is 11.6 Å². The highest BCUT2D eigenvalue weighted by Crippen LogP contribution is 2.57. The maximum Gasteiger partial charge on any atom is 0.312 e. The maximum atomic E-state index is 14.2. The minimum atomic E-state index is -4.01. The molecule has 0 spiro atoms. The van der Waals surface area contributed by atoms with Gasteiger partial charge in [0.2, 0.25) is 5.88 Å². The Morgan fingerprint density at radius 3 is 2.62 bits per heavy atom. The molecule has 0 bridgehead atoms. The summed E-state index contributed by atoms with van der Waals surface area (Å²) in [5.74, 6) is -5.29. The van der Waals surface area contributed by atoms with E-state index >= 15 is 0 Å². The summed E-state index contributed by atoms with van der Waals surface area (Å²) in [5.41, 5.74) is 4.72. The Morgan fingerprint density at radius 1 is 1.29 bits per heavy atom. The minimum Gasteiger partial charge on any atom is -0.438 e. The van der Waals surface area contributed by atoms with Crippen LogP contribution < -0.4 is 10.5 Å². The van der Waals surface area contributed by atoms with Gasteiger partial charge >= 0.3 is 5.92 Å². The highest BCUT2D eigenvalue weighted by atomic mass is 32.2. The molecule has 0 unspecified atom stereocenters. The second kappa shape index (κ2) is 5.82. The van der Waals surface area contributed by atoms with Gasteiger partial charge in [-0.1, -0.05) is 0 Å². The molecule has 1 heterocycles. The van der Waals surface area contributed by atoms with E-state index in [4.69, 9.17) is 10.5 Å². The molecule has 3 rings (SSSR count). The number of thioether (sulfide) groups is 1. The first kappa shape index (κ1) is 16.8. The van der Waals surface area contributed by atoms with Gasteiger partial charge in [0.15, 0.2) is 6.17 Å². The summed E-state index contributed by atoms with van der Waals surface area (Å²) in [4.78, 5) is 4.05. The van der Waals surface area contributed by atoms with Gasteiger partial charge in [-0.2, -0.15) is 8.78 Å². The lowest BCUT2D eigenvalue weighted by molar-refractivity contribution is -0.143. The predicted octanol–water partition coefficient (Wildman–Crippen LogP) is 4.01. The molecule has 0 radical (unpaired) electrons. The number of pyridine rings is 1. The molecule has 0 saturated carbocycles. The van der Waals surface area contributed by atoms with Gasteiger partial charge in [-0.05, 0) is 12.3 Å². The van der Waals surface area contributed by atoms with E-state index in [0.29, 0.717) is 0 Å². The largest absolute Gasteiger partial charge is 0.438 e. The van der Waals surface area contributed by atoms with Crippen LogP contribution in [0.3, 0.4) is 0 Å². The molecule has 4 nitrogen and oxygen atoms in total. The molecule has 1 aromatic carbocycles. The summed E-state index contributed by atoms with van der Waals surface area (Å²) in [7, 11) is 0. The highest BCUT2D eigenvalue weighted by Gasteiger charge is 2.58. The van der Waals surface area contributed by atoms with E-state index in [1.165, 1.54) is 12.3 Å². The van der Waals surface area contributed by atoms with Crippen LogP contribution in [0.15, 0.2) is 29.3 Å². The number of benzene rings is 1. The van der Waals surface area contributed by atoms with Crippen molar-refractivity contribution in [1.29, 1.82) is 0 Å². The number of hydrogen-bond acceptors (Lipinski definition) is 5. The Balaban J connectivity index is 2.12. The van der Waals surface area contributed by atoms with E-state index in [0.717, 1.165) is 23.9 Å². The average Bonchev–Trinajstić information content (AvgIpc) is 2.68. The van der Waals surface area contributed by atoms with Crippen molar-refractivity contribution in [3.05, 3.63) is 41.3 Å². The number of aliphatic hydroxyl groups is 1. The zero-order valence-corrected chi connectivity index (χ0v) is 13.1. The van der Waals surface area contributed by atoms with Crippen molar-refractivity contribution >= 4 is 17.4 Å². The normalized spacial score (nSPS) is 21.6. The summed E-state index contributed by atoms with van der Waals surface area (Å²) in [6, 6.07) is 3.25. The standard InChI is InChI=1S/C15H12F4N2O2S/c1-24-9-5-21-14(23-8-3-6(16)2-7(20)4-8)11-10(9)13(22)15(18,19)12(11)17/h2-5,12-13,22H,20H2,1H3/t12-,13+/m1/s1. The first-order valence-corrected chi connectivity index (χ1v) is 7.98. The summed E-state index contributed by atoms with van der Waals surface area (Å²) in [6.07, 6.45) is -2.32. The number of alkyl halides is 3. The molecule has 0 aliphatic heterocycles. The fourth-order valence-corrected chi connectivity index (χ4v) is 3.15. The number of hydrogen-bond donors (Lipinski definition) is 2. The van der Waals surface area contributed by atoms with Crippen molar-refractivity contribution in [3.63, 3.8) is 0 Å². The number of rotatable bonds is 3. The number of nitrogen functional groups attached to an aromatic ring is 1. The lowest BCUT2D eigenvalue weighted by Crippen LogP contribution is -2.24. The Labute approximate surface area is 138 Å². The number of halogens is 4. The molecule has 2 atom stereocenters. The highest BCUT2D eigenvalue weighted by molar-refractivity contribution is 7.98. The van der Waals surface area contributed by atoms with E-state index in [1.54, 1.807) is 6.26 Å². The lowest BCUT2D eigenvalue weighted by Gasteiger charge is -2.16. The van der Waals surface area contributed by atoms with Gasteiger partial charge in [-0.15, -0.1) is 11.8 Å². The van der Waals surface area contributed by atoms with Crippen LogP contribution in [0.5, 0.6) is 11.6 Å². The van der Waals surface area contributed by atoms with Crippen molar-refractivity contribution < 1.29 is 27.4 Å². The van der Waals surface area contributed by atoms with Crippen LogP contribution in [0.25, 0.3) is 0 Å². The molecule has 1 aliphatic rings. The van der Waals surface area contributed by atoms with Crippen molar-refractivity contribution in [2.24, 2.45) is 0 Å². The summed E-state index contributed by atoms with van der Waals surface area (Å²) in [6.45, 7) is 0. The van der Waals surface area contributed by atoms with Crippen LogP contribution in [0.2, 0.25) is 0 Å². The topological polar surface area (TPSA) is 68.4 Å². The number of ether oxygens (including phenoxy) is 1. The smallest absolute Gasteiger partial charge is 0.312 e. The first-order valence-electron chi connectivity index (χ1n) is 6.76. The van der Waals surface area contributed by atoms with E-state index in [1.807, 2.05) is 0 Å². The van der Waals surface area contributed by atoms with Crippen LogP contribution in [0.4, 0.5) is 23.2 Å². The zero-order chi connectivity index (χ0) is 17.6. The molecule has 0 amide bonds. The van der Waals surface area contributed by atoms with Gasteiger partial charge in [0.1, 0.15) is 17.7 Å². The number of nitrogens with two attached hydrogens (primary N) is 1. The summed E-state index contributed by atoms with van der Waals surface area (Å²) in [5, 5.41) is 9.80. The second-order valence-corrected chi connectivity index (χ2v) is 6.07. The summed E-state index contributed by atoms with van der Waals surface area (Å²) < 4.78 is 60.7. The zero-order valence-electron chi connectivity index (χ0n) is 12.3. The molecule has 1 aliphatic carbocycles. The van der Waals surface area contributed by atoms with Gasteiger partial charge in [0, 0.05) is 34.5 Å². The van der Waals surface area contributed by atoms with Gasteiger partial charge < -0.3 is 15.6 Å². The SMILES string of the molecule is CSc1cnc(Oc2cc(N)cc(F)c2)c2c1[C@H](O)C(F)(F)[C@@H]2F. The number of nitrogens with zero attached hydrogens (tertiary/aromatic N) is 1. The third-order valence-electron chi connectivity index (χ3n) is 3.64. The second-order valence-electron chi connectivity index (χ2n) is 5.22. The number of aromatic nitrogens is 1. The fraction of sp³-hybridized carbons (Fsp3) is 0.267. The molecular formula is C15H12F4N2O2S. The number of aliphatic hydroxyl groups excluding tert-OH is 1. The van der Waals surface area contributed by atoms with Crippen LogP contribution in [-0.2, 0) is 0 Å². The third-order valence-corrected chi connectivity index (χ3v) is 4.41. The predicted molar refractivity (Wildman–Crippen MR) is 80.7 cm³/mol. The van der Waals surface area contributed by atoms with E-state index in [-0.39, 0.29) is 21.9 Å². The third kappa shape index (κ3) is 2.57. The molecule has 3 N–H and O–H groups in total. The Kier molecular flexibility index (Phi) is 4.08. The van der Waals surface area contributed by atoms with E-state index in [9.17, 15) is 22.7 Å². The molecule has 1 aromatic heterocycles. The van der Waals surface area contributed by atoms with Gasteiger partial charge in [-0.25, -0.2) is 13.8 Å². The van der Waals surface area contributed by atoms with Crippen molar-refractivity contribution in [2.45, 2.75) is 23.1 Å². The van der Waals surface area contributed by atoms with Gasteiger partial charge in [0.05, 0.1) is 5.56 Å². The number of anilines is 1.